The standard InChI is InChI=1S/C25H25FN6O3/c1-25(13-33)14-34-23(35-15-25)22-31-20(17-4-6-18(26)7-5-17)21(32-22)19-8-10-28-24(30-19)29-12-16-3-2-9-27-11-16/h2-11,23,33H,12-15H2,1H3,(H,31,32)(H,28,29,30). The van der Waals surface area contributed by atoms with Crippen LogP contribution in [0.4, 0.5) is 10.3 Å². The number of benzene rings is 1. The number of aromatic amines is 1. The molecule has 4 heterocycles. The molecule has 35 heavy (non-hydrogen) atoms. The molecule has 0 unspecified atom stereocenters. The predicted octanol–water partition coefficient (Wildman–Crippen LogP) is 3.72. The molecule has 1 aromatic carbocycles. The molecule has 3 aromatic heterocycles. The van der Waals surface area contributed by atoms with Crippen molar-refractivity contribution in [3.05, 3.63) is 78.3 Å². The summed E-state index contributed by atoms with van der Waals surface area (Å²) in [5.41, 5.74) is 3.05. The van der Waals surface area contributed by atoms with Crippen molar-refractivity contribution in [2.24, 2.45) is 5.41 Å². The lowest BCUT2D eigenvalue weighted by molar-refractivity contribution is -0.239. The van der Waals surface area contributed by atoms with Gasteiger partial charge in [-0.2, -0.15) is 0 Å². The van der Waals surface area contributed by atoms with Crippen LogP contribution < -0.4 is 5.32 Å². The molecular formula is C25H25FN6O3. The van der Waals surface area contributed by atoms with Crippen LogP contribution in [-0.4, -0.2) is 49.8 Å². The molecule has 1 aliphatic heterocycles. The molecule has 0 spiro atoms. The maximum Gasteiger partial charge on any atom is 0.223 e. The minimum absolute atomic E-state index is 0.0420. The highest BCUT2D eigenvalue weighted by atomic mass is 19.1. The van der Waals surface area contributed by atoms with Gasteiger partial charge in [-0.25, -0.2) is 19.3 Å². The van der Waals surface area contributed by atoms with Crippen molar-refractivity contribution in [2.75, 3.05) is 25.1 Å². The Kier molecular flexibility index (Phi) is 6.49. The van der Waals surface area contributed by atoms with E-state index < -0.39 is 11.7 Å². The summed E-state index contributed by atoms with van der Waals surface area (Å²) in [6.07, 6.45) is 4.42. The quantitative estimate of drug-likeness (QED) is 0.369. The Morgan fingerprint density at radius 2 is 1.91 bits per heavy atom. The van der Waals surface area contributed by atoms with Crippen molar-refractivity contribution in [3.8, 4) is 22.6 Å². The van der Waals surface area contributed by atoms with Gasteiger partial charge >= 0.3 is 0 Å². The van der Waals surface area contributed by atoms with Crippen LogP contribution in [0.1, 0.15) is 24.6 Å². The largest absolute Gasteiger partial charge is 0.396 e. The fraction of sp³-hybridized carbons (Fsp3) is 0.280. The van der Waals surface area contributed by atoms with Crippen molar-refractivity contribution >= 4 is 5.95 Å². The normalized spacial score (nSPS) is 20.0. The van der Waals surface area contributed by atoms with Crippen LogP contribution in [0.3, 0.4) is 0 Å². The first-order valence-corrected chi connectivity index (χ1v) is 11.2. The number of H-pyrrole nitrogens is 1. The lowest BCUT2D eigenvalue weighted by Crippen LogP contribution is -2.39. The third-order valence-corrected chi connectivity index (χ3v) is 5.70. The van der Waals surface area contributed by atoms with Crippen LogP contribution >= 0.6 is 0 Å². The Balaban J connectivity index is 1.46. The fourth-order valence-corrected chi connectivity index (χ4v) is 3.66. The molecule has 9 nitrogen and oxygen atoms in total. The molecule has 1 aliphatic rings. The summed E-state index contributed by atoms with van der Waals surface area (Å²) < 4.78 is 25.3. The first kappa shape index (κ1) is 23.0. The minimum atomic E-state index is -0.729. The number of aliphatic hydroxyl groups is 1. The van der Waals surface area contributed by atoms with Crippen LogP contribution in [0.2, 0.25) is 0 Å². The van der Waals surface area contributed by atoms with E-state index in [0.29, 0.717) is 54.2 Å². The van der Waals surface area contributed by atoms with Gasteiger partial charge in [-0.15, -0.1) is 0 Å². The van der Waals surface area contributed by atoms with Crippen LogP contribution in [-0.2, 0) is 16.0 Å². The molecule has 0 radical (unpaired) electrons. The van der Waals surface area contributed by atoms with Gasteiger partial charge in [0, 0.05) is 36.1 Å². The van der Waals surface area contributed by atoms with Crippen LogP contribution in [0.5, 0.6) is 0 Å². The first-order valence-electron chi connectivity index (χ1n) is 11.2. The SMILES string of the molecule is CC1(CO)COC(c2nc(-c3ccc(F)cc3)c(-c3ccnc(NCc4cccnc4)n3)[nH]2)OC1. The van der Waals surface area contributed by atoms with Crippen molar-refractivity contribution in [1.29, 1.82) is 0 Å². The van der Waals surface area contributed by atoms with Gasteiger partial charge in [0.25, 0.3) is 0 Å². The van der Waals surface area contributed by atoms with Gasteiger partial charge in [0.2, 0.25) is 12.2 Å². The highest BCUT2D eigenvalue weighted by molar-refractivity contribution is 5.77. The molecule has 0 amide bonds. The maximum atomic E-state index is 13.6. The Morgan fingerprint density at radius 3 is 2.63 bits per heavy atom. The van der Waals surface area contributed by atoms with Gasteiger partial charge in [-0.1, -0.05) is 13.0 Å². The van der Waals surface area contributed by atoms with Crippen molar-refractivity contribution in [3.63, 3.8) is 0 Å². The molecule has 0 atom stereocenters. The van der Waals surface area contributed by atoms with E-state index in [9.17, 15) is 9.50 Å². The van der Waals surface area contributed by atoms with E-state index >= 15 is 0 Å². The number of halogens is 1. The zero-order valence-corrected chi connectivity index (χ0v) is 19.1. The first-order chi connectivity index (χ1) is 17.0. The minimum Gasteiger partial charge on any atom is -0.396 e. The molecule has 1 fully saturated rings. The average Bonchev–Trinajstić information content (AvgIpc) is 3.35. The van der Waals surface area contributed by atoms with E-state index in [1.165, 1.54) is 12.1 Å². The smallest absolute Gasteiger partial charge is 0.223 e. The Hall–Kier alpha value is -3.73. The van der Waals surface area contributed by atoms with Crippen LogP contribution in [0.25, 0.3) is 22.6 Å². The second kappa shape index (κ2) is 9.87. The monoisotopic (exact) mass is 476 g/mol. The summed E-state index contributed by atoms with van der Waals surface area (Å²) in [6, 6.07) is 11.7. The number of rotatable bonds is 7. The van der Waals surface area contributed by atoms with Crippen molar-refractivity contribution < 1.29 is 19.0 Å². The molecule has 5 rings (SSSR count). The van der Waals surface area contributed by atoms with Crippen LogP contribution in [0, 0.1) is 11.2 Å². The van der Waals surface area contributed by atoms with E-state index in [0.717, 1.165) is 5.56 Å². The summed E-state index contributed by atoms with van der Waals surface area (Å²) in [4.78, 5) is 21.1. The molecule has 180 valence electrons. The van der Waals surface area contributed by atoms with E-state index in [1.807, 2.05) is 19.1 Å². The summed E-state index contributed by atoms with van der Waals surface area (Å²) in [5, 5.41) is 12.8. The third kappa shape index (κ3) is 5.19. The Labute approximate surface area is 201 Å². The highest BCUT2D eigenvalue weighted by Gasteiger charge is 2.34. The number of nitrogens with one attached hydrogen (secondary N) is 2. The van der Waals surface area contributed by atoms with Gasteiger partial charge in [-0.05, 0) is 42.0 Å². The van der Waals surface area contributed by atoms with Gasteiger partial charge in [-0.3, -0.25) is 4.98 Å². The lowest BCUT2D eigenvalue weighted by atomic mass is 9.94. The molecule has 10 heteroatoms. The Morgan fingerprint density at radius 1 is 1.11 bits per heavy atom. The molecule has 3 N–H and O–H groups in total. The van der Waals surface area contributed by atoms with Gasteiger partial charge in [0.1, 0.15) is 5.82 Å². The van der Waals surface area contributed by atoms with Crippen LogP contribution in [0.15, 0.2) is 61.1 Å². The second-order valence-corrected chi connectivity index (χ2v) is 8.76. The highest BCUT2D eigenvalue weighted by Crippen LogP contribution is 2.35. The zero-order chi connectivity index (χ0) is 24.3. The molecule has 0 aliphatic carbocycles. The van der Waals surface area contributed by atoms with Gasteiger partial charge < -0.3 is 24.9 Å². The number of aromatic nitrogens is 5. The molecular weight excluding hydrogens is 451 g/mol. The number of pyridine rings is 1. The fourth-order valence-electron chi connectivity index (χ4n) is 3.66. The summed E-state index contributed by atoms with van der Waals surface area (Å²) in [7, 11) is 0. The topological polar surface area (TPSA) is 118 Å². The molecule has 0 bridgehead atoms. The number of anilines is 1. The number of aliphatic hydroxyl groups excluding tert-OH is 1. The van der Waals surface area contributed by atoms with E-state index in [2.05, 4.69) is 25.3 Å². The lowest BCUT2D eigenvalue weighted by Gasteiger charge is -2.35. The van der Waals surface area contributed by atoms with Crippen molar-refractivity contribution in [1.82, 2.24) is 24.9 Å². The average molecular weight is 477 g/mol. The maximum absolute atomic E-state index is 13.6. The summed E-state index contributed by atoms with van der Waals surface area (Å²) in [6.45, 7) is 3.02. The second-order valence-electron chi connectivity index (χ2n) is 8.76. The third-order valence-electron chi connectivity index (χ3n) is 5.70. The summed E-state index contributed by atoms with van der Waals surface area (Å²) in [5.74, 6) is 0.566. The number of ether oxygens (including phenoxy) is 2. The number of imidazole rings is 1. The van der Waals surface area contributed by atoms with Crippen molar-refractivity contribution in [2.45, 2.75) is 19.8 Å². The number of nitrogens with zero attached hydrogens (tertiary/aromatic N) is 4. The number of hydrogen-bond acceptors (Lipinski definition) is 8. The van der Waals surface area contributed by atoms with E-state index in [4.69, 9.17) is 14.5 Å². The molecule has 0 saturated carbocycles. The van der Waals surface area contributed by atoms with E-state index in [-0.39, 0.29) is 12.4 Å². The van der Waals surface area contributed by atoms with E-state index in [1.54, 1.807) is 36.8 Å². The number of hydrogen-bond donors (Lipinski definition) is 3. The Bertz CT molecular complexity index is 1270. The predicted molar refractivity (Wildman–Crippen MR) is 126 cm³/mol. The summed E-state index contributed by atoms with van der Waals surface area (Å²) >= 11 is 0. The van der Waals surface area contributed by atoms with Gasteiger partial charge in [0.05, 0.1) is 36.9 Å². The van der Waals surface area contributed by atoms with Gasteiger partial charge in [0.15, 0.2) is 5.82 Å². The molecule has 4 aromatic rings. The zero-order valence-electron chi connectivity index (χ0n) is 19.1. The molecule has 1 saturated heterocycles.